The number of aryl methyl sites for hydroxylation is 2. The van der Waals surface area contributed by atoms with E-state index >= 15 is 0 Å². The minimum absolute atomic E-state index is 0. The van der Waals surface area contributed by atoms with E-state index in [0.717, 1.165) is 44.4 Å². The van der Waals surface area contributed by atoms with E-state index < -0.39 is 13.7 Å². The zero-order valence-electron chi connectivity index (χ0n) is 28.0. The number of nitrogens with zero attached hydrogens (tertiary/aromatic N) is 3. The van der Waals surface area contributed by atoms with Gasteiger partial charge in [-0.2, -0.15) is 0 Å². The summed E-state index contributed by atoms with van der Waals surface area (Å²) in [7, 11) is 0. The fourth-order valence-corrected chi connectivity index (χ4v) is 4.81. The first-order chi connectivity index (χ1) is 22.6. The van der Waals surface area contributed by atoms with Gasteiger partial charge in [-0.25, -0.2) is 0 Å². The third kappa shape index (κ3) is 5.07. The summed E-state index contributed by atoms with van der Waals surface area (Å²) in [6, 6.07) is 37.6. The van der Waals surface area contributed by atoms with E-state index in [-0.39, 0.29) is 31.2 Å². The van der Waals surface area contributed by atoms with E-state index in [1.54, 1.807) is 18.4 Å². The van der Waals surface area contributed by atoms with Crippen LogP contribution in [-0.4, -0.2) is 14.5 Å². The molecular weight excluding hydrogens is 699 g/mol. The molecule has 0 spiro atoms. The van der Waals surface area contributed by atoms with Crippen LogP contribution in [0.25, 0.3) is 61.5 Å². The van der Waals surface area contributed by atoms with Crippen LogP contribution in [-0.2, 0) is 20.1 Å². The van der Waals surface area contributed by atoms with Crippen LogP contribution in [0.15, 0.2) is 124 Å². The van der Waals surface area contributed by atoms with Crippen LogP contribution in [0.1, 0.15) is 19.4 Å². The molecule has 0 N–H and O–H groups in total. The largest absolute Gasteiger partial charge is 0.501 e. The van der Waals surface area contributed by atoms with Gasteiger partial charge in [0.25, 0.3) is 0 Å². The van der Waals surface area contributed by atoms with Crippen LogP contribution in [0.3, 0.4) is 0 Å². The van der Waals surface area contributed by atoms with Gasteiger partial charge in [-0.15, -0.1) is 53.6 Å². The van der Waals surface area contributed by atoms with Gasteiger partial charge < -0.3 is 18.4 Å². The molecule has 0 fully saturated rings. The van der Waals surface area contributed by atoms with Crippen LogP contribution < -0.4 is 0 Å². The molecule has 4 heterocycles. The summed E-state index contributed by atoms with van der Waals surface area (Å²) >= 11 is 0. The quantitative estimate of drug-likeness (QED) is 0.170. The van der Waals surface area contributed by atoms with Gasteiger partial charge in [-0.3, -0.25) is 4.98 Å². The van der Waals surface area contributed by atoms with Crippen LogP contribution in [0, 0.1) is 25.8 Å². The number of fused-ring (bicyclic) bond motifs is 4. The smallest absolute Gasteiger partial charge is 0.197 e. The molecule has 4 aromatic carbocycles. The van der Waals surface area contributed by atoms with E-state index in [9.17, 15) is 0 Å². The Kier molecular flexibility index (Phi) is 5.81. The first kappa shape index (κ1) is 21.0. The maximum absolute atomic E-state index is 7.28. The van der Waals surface area contributed by atoms with Crippen molar-refractivity contribution in [2.24, 2.45) is 0 Å². The van der Waals surface area contributed by atoms with E-state index in [2.05, 4.69) is 23.2 Å². The van der Waals surface area contributed by atoms with E-state index in [1.807, 2.05) is 71.3 Å². The van der Waals surface area contributed by atoms with E-state index in [1.165, 1.54) is 24.4 Å². The van der Waals surface area contributed by atoms with Gasteiger partial charge in [-0.05, 0) is 42.4 Å². The molecular formula is C36H25IrN3O2-2. The van der Waals surface area contributed by atoms with E-state index in [4.69, 9.17) is 22.0 Å². The van der Waals surface area contributed by atoms with Crippen molar-refractivity contribution >= 4 is 33.0 Å². The molecule has 0 saturated heterocycles. The molecule has 0 aliphatic rings. The van der Waals surface area contributed by atoms with Crippen molar-refractivity contribution in [3.05, 3.63) is 139 Å². The molecule has 6 heteroatoms. The number of furan rings is 2. The molecule has 0 amide bonds. The Balaban J connectivity index is 0.000000172. The summed E-state index contributed by atoms with van der Waals surface area (Å²) < 4.78 is 57.5. The minimum Gasteiger partial charge on any atom is -0.501 e. The standard InChI is InChI=1S/C23H13N2O2.C13H12N.Ir/c1-4-12-20-15(7-1)16-8-5-9-17(22(16)27-20)23-24-18-10-2-3-11-19(18)25(23)21-13-6-14-26-21;1-10-3-6-12(7-4-10)13-8-5-11(2)9-14-13;/h1-8,10-14H;3-6,8-9H,1-2H3;/q2*-1;/i;1D3,2D3;. The maximum Gasteiger partial charge on any atom is 0.197 e. The van der Waals surface area contributed by atoms with Crippen molar-refractivity contribution in [1.29, 1.82) is 0 Å². The molecule has 4 aromatic heterocycles. The zero-order chi connectivity index (χ0) is 32.8. The average Bonchev–Trinajstić information content (AvgIpc) is 3.82. The Hall–Kier alpha value is -4.77. The van der Waals surface area contributed by atoms with Crippen molar-refractivity contribution in [3.63, 3.8) is 0 Å². The Morgan fingerprint density at radius 3 is 2.45 bits per heavy atom. The zero-order valence-corrected chi connectivity index (χ0v) is 24.4. The molecule has 5 nitrogen and oxygen atoms in total. The number of benzene rings is 4. The molecule has 0 bridgehead atoms. The summed E-state index contributed by atoms with van der Waals surface area (Å²) in [6.45, 7) is -4.34. The second-order valence-corrected chi connectivity index (χ2v) is 9.33. The van der Waals surface area contributed by atoms with Crippen LogP contribution in [0.5, 0.6) is 0 Å². The third-order valence-electron chi connectivity index (χ3n) is 6.70. The topological polar surface area (TPSA) is 57.0 Å². The number of rotatable bonds is 3. The minimum atomic E-state index is -2.18. The SMILES string of the molecule is [2H]C([2H])([2H])c1c[c-]c(-c2ccc(C([2H])([2H])[2H])cn2)cc1.[Ir].[c-]1ccc2c(oc3ccccc32)c1-c1nc2ccccc2n1-c1ccco1. The molecule has 0 aliphatic heterocycles. The Morgan fingerprint density at radius 2 is 1.67 bits per heavy atom. The predicted octanol–water partition coefficient (Wildman–Crippen LogP) is 9.15. The maximum atomic E-state index is 7.28. The predicted molar refractivity (Wildman–Crippen MR) is 163 cm³/mol. The molecule has 207 valence electrons. The van der Waals surface area contributed by atoms with E-state index in [0.29, 0.717) is 17.1 Å². The van der Waals surface area contributed by atoms with Gasteiger partial charge in [0, 0.05) is 46.0 Å². The summed E-state index contributed by atoms with van der Waals surface area (Å²) in [4.78, 5) is 8.95. The van der Waals surface area contributed by atoms with Gasteiger partial charge >= 0.3 is 0 Å². The Morgan fingerprint density at radius 1 is 0.810 bits per heavy atom. The summed E-state index contributed by atoms with van der Waals surface area (Å²) in [6.07, 6.45) is 2.97. The molecule has 8 rings (SSSR count). The van der Waals surface area contributed by atoms with Gasteiger partial charge in [0.1, 0.15) is 5.58 Å². The van der Waals surface area contributed by atoms with Crippen molar-refractivity contribution in [2.45, 2.75) is 13.7 Å². The fraction of sp³-hybridized carbons (Fsp3) is 0.0556. The van der Waals surface area contributed by atoms with Crippen LogP contribution in [0.2, 0.25) is 0 Å². The molecule has 0 saturated carbocycles. The van der Waals surface area contributed by atoms with Gasteiger partial charge in [0.15, 0.2) is 5.88 Å². The number of imidazole rings is 1. The fourth-order valence-electron chi connectivity index (χ4n) is 4.81. The molecule has 1 radical (unpaired) electrons. The molecule has 0 unspecified atom stereocenters. The number of para-hydroxylation sites is 3. The Labute approximate surface area is 265 Å². The summed E-state index contributed by atoms with van der Waals surface area (Å²) in [5.74, 6) is 1.45. The number of pyridine rings is 1. The first-order valence-corrected chi connectivity index (χ1v) is 12.9. The molecule has 0 aliphatic carbocycles. The first-order valence-electron chi connectivity index (χ1n) is 15.9. The van der Waals surface area contributed by atoms with Crippen molar-refractivity contribution in [3.8, 4) is 28.5 Å². The number of hydrogen-bond acceptors (Lipinski definition) is 4. The average molecular weight is 730 g/mol. The normalized spacial score (nSPS) is 13.6. The molecule has 42 heavy (non-hydrogen) atoms. The number of aromatic nitrogens is 3. The molecule has 0 atom stereocenters. The van der Waals surface area contributed by atoms with Gasteiger partial charge in [0.05, 0.1) is 28.7 Å². The second-order valence-electron chi connectivity index (χ2n) is 9.33. The van der Waals surface area contributed by atoms with Crippen molar-refractivity contribution < 1.29 is 37.2 Å². The Bertz CT molecular complexity index is 2270. The van der Waals surface area contributed by atoms with Crippen LogP contribution >= 0.6 is 0 Å². The molecule has 8 aromatic rings. The van der Waals surface area contributed by atoms with Crippen molar-refractivity contribution in [2.75, 3.05) is 0 Å². The number of hydrogen-bond donors (Lipinski definition) is 0. The summed E-state index contributed by atoms with van der Waals surface area (Å²) in [5.41, 5.74) is 5.87. The van der Waals surface area contributed by atoms with Crippen LogP contribution in [0.4, 0.5) is 0 Å². The summed E-state index contributed by atoms with van der Waals surface area (Å²) in [5, 5.41) is 2.14. The van der Waals surface area contributed by atoms with Crippen molar-refractivity contribution in [1.82, 2.24) is 14.5 Å². The van der Waals surface area contributed by atoms with Gasteiger partial charge in [-0.1, -0.05) is 60.3 Å². The third-order valence-corrected chi connectivity index (χ3v) is 6.70. The van der Waals surface area contributed by atoms with Gasteiger partial charge in [0.2, 0.25) is 0 Å². The second kappa shape index (κ2) is 11.6. The monoisotopic (exact) mass is 730 g/mol.